The van der Waals surface area contributed by atoms with E-state index >= 15 is 0 Å². The molecule has 0 bridgehead atoms. The summed E-state index contributed by atoms with van der Waals surface area (Å²) >= 11 is 0. The van der Waals surface area contributed by atoms with E-state index in [2.05, 4.69) is 0 Å². The molecule has 140 valence electrons. The van der Waals surface area contributed by atoms with Gasteiger partial charge in [-0.1, -0.05) is 12.1 Å². The van der Waals surface area contributed by atoms with Crippen molar-refractivity contribution in [2.75, 3.05) is 6.61 Å². The highest BCUT2D eigenvalue weighted by molar-refractivity contribution is 5.90. The van der Waals surface area contributed by atoms with Crippen molar-refractivity contribution < 1.29 is 23.8 Å². The summed E-state index contributed by atoms with van der Waals surface area (Å²) < 4.78 is 18.0. The lowest BCUT2D eigenvalue weighted by Gasteiger charge is -2.13. The van der Waals surface area contributed by atoms with Crippen LogP contribution in [0.5, 0.6) is 0 Å². The smallest absolute Gasteiger partial charge is 0.330 e. The molecule has 0 heterocycles. The molecule has 0 saturated heterocycles. The molecule has 0 fully saturated rings. The van der Waals surface area contributed by atoms with Crippen molar-refractivity contribution in [3.05, 3.63) is 82.7 Å². The molecule has 0 aliphatic carbocycles. The molecule has 0 aliphatic rings. The van der Waals surface area contributed by atoms with Crippen LogP contribution in [0.2, 0.25) is 0 Å². The summed E-state index contributed by atoms with van der Waals surface area (Å²) in [6.45, 7) is 1.97. The number of halogens is 1. The standard InChI is InChI=1S/C21H20FNO4/c1-2-27-20(25)10-4-15-11-14(3-9-19(23)24)12-17(13-15)21(26)16-5-7-18(22)8-6-16/h3-13,21,26H,2H2,1H3,(H2,23,24)/b9-3+,10-4+. The molecule has 1 unspecified atom stereocenters. The third-order valence-corrected chi connectivity index (χ3v) is 3.64. The molecule has 2 aromatic rings. The van der Waals surface area contributed by atoms with Crippen LogP contribution in [-0.4, -0.2) is 23.6 Å². The van der Waals surface area contributed by atoms with Gasteiger partial charge in [0.1, 0.15) is 11.9 Å². The number of carbonyl (C=O) groups excluding carboxylic acids is 2. The maximum Gasteiger partial charge on any atom is 0.330 e. The second kappa shape index (κ2) is 9.45. The van der Waals surface area contributed by atoms with Crippen molar-refractivity contribution in [1.29, 1.82) is 0 Å². The Balaban J connectivity index is 2.40. The maximum absolute atomic E-state index is 13.1. The number of carbonyl (C=O) groups is 2. The normalized spacial score (nSPS) is 12.4. The van der Waals surface area contributed by atoms with Crippen LogP contribution in [0.15, 0.2) is 54.6 Å². The number of amides is 1. The summed E-state index contributed by atoms with van der Waals surface area (Å²) in [5.74, 6) is -1.50. The van der Waals surface area contributed by atoms with Gasteiger partial charge in [0.25, 0.3) is 0 Å². The lowest BCUT2D eigenvalue weighted by atomic mass is 9.96. The minimum Gasteiger partial charge on any atom is -0.463 e. The summed E-state index contributed by atoms with van der Waals surface area (Å²) in [5, 5.41) is 10.6. The Hall–Kier alpha value is -3.25. The fourth-order valence-electron chi connectivity index (χ4n) is 2.42. The predicted molar refractivity (Wildman–Crippen MR) is 101 cm³/mol. The number of hydrogen-bond donors (Lipinski definition) is 2. The van der Waals surface area contributed by atoms with Gasteiger partial charge < -0.3 is 15.6 Å². The zero-order valence-electron chi connectivity index (χ0n) is 14.8. The van der Waals surface area contributed by atoms with E-state index in [0.29, 0.717) is 22.3 Å². The van der Waals surface area contributed by atoms with E-state index in [1.54, 1.807) is 31.2 Å². The number of hydrogen-bond acceptors (Lipinski definition) is 4. The summed E-state index contributed by atoms with van der Waals surface area (Å²) in [6.07, 6.45) is 4.50. The average Bonchev–Trinajstić information content (AvgIpc) is 2.65. The molecule has 0 aromatic heterocycles. The Kier molecular flexibility index (Phi) is 7.02. The van der Waals surface area contributed by atoms with Gasteiger partial charge in [-0.2, -0.15) is 0 Å². The van der Waals surface area contributed by atoms with E-state index in [9.17, 15) is 19.1 Å². The van der Waals surface area contributed by atoms with E-state index in [1.807, 2.05) is 0 Å². The van der Waals surface area contributed by atoms with Gasteiger partial charge in [-0.05, 0) is 71.7 Å². The number of benzene rings is 2. The number of esters is 1. The highest BCUT2D eigenvalue weighted by Gasteiger charge is 2.12. The second-order valence-electron chi connectivity index (χ2n) is 5.71. The van der Waals surface area contributed by atoms with E-state index in [4.69, 9.17) is 10.5 Å². The Morgan fingerprint density at radius 1 is 1.07 bits per heavy atom. The highest BCUT2D eigenvalue weighted by atomic mass is 19.1. The average molecular weight is 369 g/mol. The molecule has 1 atom stereocenters. The van der Waals surface area contributed by atoms with Gasteiger partial charge in [-0.25, -0.2) is 9.18 Å². The number of rotatable bonds is 7. The first-order valence-electron chi connectivity index (χ1n) is 8.30. The number of primary amides is 1. The van der Waals surface area contributed by atoms with Gasteiger partial charge in [0.15, 0.2) is 0 Å². The molecule has 5 nitrogen and oxygen atoms in total. The van der Waals surface area contributed by atoms with Crippen LogP contribution in [0, 0.1) is 5.82 Å². The van der Waals surface area contributed by atoms with Gasteiger partial charge >= 0.3 is 5.97 Å². The number of aliphatic hydroxyl groups excluding tert-OH is 1. The molecule has 2 rings (SSSR count). The monoisotopic (exact) mass is 369 g/mol. The van der Waals surface area contributed by atoms with Crippen LogP contribution in [0.25, 0.3) is 12.2 Å². The number of ether oxygens (including phenoxy) is 1. The number of aliphatic hydroxyl groups is 1. The van der Waals surface area contributed by atoms with Crippen LogP contribution in [-0.2, 0) is 14.3 Å². The summed E-state index contributed by atoms with van der Waals surface area (Å²) in [5.41, 5.74) is 7.37. The molecule has 27 heavy (non-hydrogen) atoms. The van der Waals surface area contributed by atoms with E-state index < -0.39 is 23.8 Å². The van der Waals surface area contributed by atoms with Crippen LogP contribution >= 0.6 is 0 Å². The summed E-state index contributed by atoms with van der Waals surface area (Å²) in [4.78, 5) is 22.5. The molecule has 3 N–H and O–H groups in total. The zero-order chi connectivity index (χ0) is 19.8. The molecule has 0 saturated carbocycles. The summed E-state index contributed by atoms with van der Waals surface area (Å²) in [7, 11) is 0. The first-order valence-corrected chi connectivity index (χ1v) is 8.30. The molecule has 0 spiro atoms. The van der Waals surface area contributed by atoms with Gasteiger partial charge in [0, 0.05) is 12.2 Å². The molecule has 0 aliphatic heterocycles. The van der Waals surface area contributed by atoms with Gasteiger partial charge in [0.2, 0.25) is 5.91 Å². The third-order valence-electron chi connectivity index (χ3n) is 3.64. The summed E-state index contributed by atoms with van der Waals surface area (Å²) in [6, 6.07) is 10.6. The molecular weight excluding hydrogens is 349 g/mol. The minimum absolute atomic E-state index is 0.263. The van der Waals surface area contributed by atoms with Crippen molar-refractivity contribution in [2.24, 2.45) is 5.73 Å². The SMILES string of the molecule is CCOC(=O)/C=C/c1cc(/C=C/C(N)=O)cc(C(O)c2ccc(F)cc2)c1. The largest absolute Gasteiger partial charge is 0.463 e. The van der Waals surface area contributed by atoms with Crippen molar-refractivity contribution >= 4 is 24.0 Å². The fourth-order valence-corrected chi connectivity index (χ4v) is 2.42. The fraction of sp³-hybridized carbons (Fsp3) is 0.143. The van der Waals surface area contributed by atoms with E-state index in [0.717, 1.165) is 0 Å². The van der Waals surface area contributed by atoms with E-state index in [-0.39, 0.29) is 6.61 Å². The minimum atomic E-state index is -1.01. The highest BCUT2D eigenvalue weighted by Crippen LogP contribution is 2.25. The van der Waals surface area contributed by atoms with Crippen LogP contribution < -0.4 is 5.73 Å². The topological polar surface area (TPSA) is 89.6 Å². The van der Waals surface area contributed by atoms with Crippen molar-refractivity contribution in [3.8, 4) is 0 Å². The Morgan fingerprint density at radius 3 is 2.22 bits per heavy atom. The molecule has 0 radical (unpaired) electrons. The zero-order valence-corrected chi connectivity index (χ0v) is 14.8. The second-order valence-corrected chi connectivity index (χ2v) is 5.71. The van der Waals surface area contributed by atoms with Crippen molar-refractivity contribution in [3.63, 3.8) is 0 Å². The van der Waals surface area contributed by atoms with Gasteiger partial charge in [-0.15, -0.1) is 0 Å². The first kappa shape index (κ1) is 20.1. The Morgan fingerprint density at radius 2 is 1.67 bits per heavy atom. The van der Waals surface area contributed by atoms with Crippen LogP contribution in [0.4, 0.5) is 4.39 Å². The number of nitrogens with two attached hydrogens (primary N) is 1. The predicted octanol–water partition coefficient (Wildman–Crippen LogP) is 2.98. The van der Waals surface area contributed by atoms with Crippen LogP contribution in [0.3, 0.4) is 0 Å². The lowest BCUT2D eigenvalue weighted by Crippen LogP contribution is -2.05. The van der Waals surface area contributed by atoms with Crippen LogP contribution in [0.1, 0.15) is 35.3 Å². The molecule has 6 heteroatoms. The van der Waals surface area contributed by atoms with Gasteiger partial charge in [-0.3, -0.25) is 4.79 Å². The quantitative estimate of drug-likeness (QED) is 0.580. The van der Waals surface area contributed by atoms with Crippen molar-refractivity contribution in [1.82, 2.24) is 0 Å². The van der Waals surface area contributed by atoms with Gasteiger partial charge in [0.05, 0.1) is 6.61 Å². The van der Waals surface area contributed by atoms with Crippen molar-refractivity contribution in [2.45, 2.75) is 13.0 Å². The Labute approximate surface area is 156 Å². The molecule has 2 aromatic carbocycles. The van der Waals surface area contributed by atoms with E-state index in [1.165, 1.54) is 42.5 Å². The first-order chi connectivity index (χ1) is 12.9. The molecular formula is C21H20FNO4. The maximum atomic E-state index is 13.1. The third kappa shape index (κ3) is 6.20. The lowest BCUT2D eigenvalue weighted by molar-refractivity contribution is -0.137. The molecule has 1 amide bonds. The Bertz CT molecular complexity index is 872.